The van der Waals surface area contributed by atoms with Crippen LogP contribution in [0.3, 0.4) is 0 Å². The molecule has 0 unspecified atom stereocenters. The number of imide groups is 1. The van der Waals surface area contributed by atoms with Crippen molar-refractivity contribution in [1.29, 1.82) is 0 Å². The normalized spacial score (nSPS) is 17.7. The van der Waals surface area contributed by atoms with Gasteiger partial charge in [-0.2, -0.15) is 0 Å². The molecule has 2 heterocycles. The molecular weight excluding hydrogens is 396 g/mol. The molecule has 0 spiro atoms. The third-order valence-electron chi connectivity index (χ3n) is 5.46. The Morgan fingerprint density at radius 3 is 2.13 bits per heavy atom. The average molecular weight is 414 g/mol. The van der Waals surface area contributed by atoms with Crippen molar-refractivity contribution in [2.45, 2.75) is 10.9 Å². The summed E-state index contributed by atoms with van der Waals surface area (Å²) in [5, 5.41) is 0. The number of thioether (sulfide) groups is 1. The third-order valence-corrected chi connectivity index (χ3v) is 6.60. The number of para-hydroxylation sites is 1. The third kappa shape index (κ3) is 3.00. The molecule has 30 heavy (non-hydrogen) atoms. The Kier molecular flexibility index (Phi) is 4.64. The van der Waals surface area contributed by atoms with Gasteiger partial charge >= 0.3 is 0 Å². The molecule has 0 saturated heterocycles. The van der Waals surface area contributed by atoms with E-state index in [2.05, 4.69) is 0 Å². The van der Waals surface area contributed by atoms with Gasteiger partial charge < -0.3 is 4.90 Å². The maximum absolute atomic E-state index is 13.5. The molecule has 6 heteroatoms. The Bertz CT molecular complexity index is 1130. The van der Waals surface area contributed by atoms with Crippen LogP contribution in [-0.2, 0) is 4.79 Å². The number of fused-ring (bicyclic) bond motifs is 2. The summed E-state index contributed by atoms with van der Waals surface area (Å²) in [4.78, 5) is 42.8. The van der Waals surface area contributed by atoms with E-state index in [0.29, 0.717) is 16.9 Å². The van der Waals surface area contributed by atoms with E-state index in [9.17, 15) is 14.4 Å². The van der Waals surface area contributed by atoms with Gasteiger partial charge in [0.15, 0.2) is 0 Å². The fourth-order valence-corrected chi connectivity index (χ4v) is 5.18. The number of benzene rings is 3. The van der Waals surface area contributed by atoms with Crippen molar-refractivity contribution in [3.05, 3.63) is 95.6 Å². The lowest BCUT2D eigenvalue weighted by atomic mass is 10.1. The first-order valence-electron chi connectivity index (χ1n) is 9.69. The van der Waals surface area contributed by atoms with E-state index in [1.807, 2.05) is 54.6 Å². The molecule has 2 aliphatic rings. The number of carbonyl (C=O) groups excluding carboxylic acids is 3. The Hall–Kier alpha value is -3.38. The molecule has 5 rings (SSSR count). The quantitative estimate of drug-likeness (QED) is 0.604. The van der Waals surface area contributed by atoms with Crippen molar-refractivity contribution in [3.8, 4) is 0 Å². The monoisotopic (exact) mass is 414 g/mol. The highest BCUT2D eigenvalue weighted by Crippen LogP contribution is 2.43. The van der Waals surface area contributed by atoms with Crippen molar-refractivity contribution in [2.75, 3.05) is 17.2 Å². The fourth-order valence-electron chi connectivity index (χ4n) is 4.01. The molecule has 0 radical (unpaired) electrons. The maximum atomic E-state index is 13.5. The molecule has 5 nitrogen and oxygen atoms in total. The second kappa shape index (κ2) is 7.46. The van der Waals surface area contributed by atoms with Crippen LogP contribution in [0.25, 0.3) is 0 Å². The standard InChI is InChI=1S/C24H18N2O3S/c27-22(14-25-23(28)17-10-4-5-11-18(17)24(25)29)26-19-12-6-7-13-21(19)30-15-20(26)16-8-2-1-3-9-16/h1-13,20H,14-15H2/t20-/m0/s1. The number of hydrogen-bond acceptors (Lipinski definition) is 4. The van der Waals surface area contributed by atoms with Gasteiger partial charge in [0, 0.05) is 10.6 Å². The van der Waals surface area contributed by atoms with Gasteiger partial charge in [-0.1, -0.05) is 54.6 Å². The van der Waals surface area contributed by atoms with Crippen LogP contribution in [0, 0.1) is 0 Å². The van der Waals surface area contributed by atoms with E-state index in [4.69, 9.17) is 0 Å². The van der Waals surface area contributed by atoms with Crippen LogP contribution in [0.15, 0.2) is 83.8 Å². The van der Waals surface area contributed by atoms with Crippen LogP contribution in [0.2, 0.25) is 0 Å². The van der Waals surface area contributed by atoms with Crippen LogP contribution < -0.4 is 4.90 Å². The van der Waals surface area contributed by atoms with Crippen molar-refractivity contribution >= 4 is 35.2 Å². The van der Waals surface area contributed by atoms with Crippen LogP contribution >= 0.6 is 11.8 Å². The van der Waals surface area contributed by atoms with E-state index in [0.717, 1.165) is 21.0 Å². The van der Waals surface area contributed by atoms with Crippen molar-refractivity contribution in [1.82, 2.24) is 4.90 Å². The lowest BCUT2D eigenvalue weighted by molar-refractivity contribution is -0.119. The first kappa shape index (κ1) is 18.6. The minimum atomic E-state index is -0.417. The summed E-state index contributed by atoms with van der Waals surface area (Å²) in [5.41, 5.74) is 2.54. The molecule has 148 valence electrons. The molecule has 2 aliphatic heterocycles. The minimum absolute atomic E-state index is 0.172. The van der Waals surface area contributed by atoms with Gasteiger partial charge in [0.1, 0.15) is 6.54 Å². The van der Waals surface area contributed by atoms with Gasteiger partial charge in [-0.25, -0.2) is 0 Å². The van der Waals surface area contributed by atoms with Gasteiger partial charge in [-0.3, -0.25) is 19.3 Å². The van der Waals surface area contributed by atoms with Crippen molar-refractivity contribution in [2.24, 2.45) is 0 Å². The molecule has 0 fully saturated rings. The first-order chi connectivity index (χ1) is 14.6. The highest BCUT2D eigenvalue weighted by atomic mass is 32.2. The second-order valence-electron chi connectivity index (χ2n) is 7.21. The Labute approximate surface area is 178 Å². The molecule has 0 saturated carbocycles. The number of carbonyl (C=O) groups is 3. The van der Waals surface area contributed by atoms with E-state index in [1.165, 1.54) is 0 Å². The van der Waals surface area contributed by atoms with Gasteiger partial charge in [-0.05, 0) is 29.8 Å². The summed E-state index contributed by atoms with van der Waals surface area (Å²) < 4.78 is 0. The largest absolute Gasteiger partial charge is 0.301 e. The Morgan fingerprint density at radius 2 is 1.43 bits per heavy atom. The number of hydrogen-bond donors (Lipinski definition) is 0. The van der Waals surface area contributed by atoms with E-state index >= 15 is 0 Å². The van der Waals surface area contributed by atoms with Crippen LogP contribution in [0.4, 0.5) is 5.69 Å². The Morgan fingerprint density at radius 1 is 0.833 bits per heavy atom. The predicted molar refractivity (Wildman–Crippen MR) is 116 cm³/mol. The zero-order valence-corrected chi connectivity index (χ0v) is 16.8. The number of rotatable bonds is 3. The zero-order chi connectivity index (χ0) is 20.7. The summed E-state index contributed by atoms with van der Waals surface area (Å²) in [6, 6.07) is 24.1. The van der Waals surface area contributed by atoms with Gasteiger partial charge in [-0.15, -0.1) is 11.8 Å². The molecule has 0 bridgehead atoms. The highest BCUT2D eigenvalue weighted by Gasteiger charge is 2.39. The summed E-state index contributed by atoms with van der Waals surface area (Å²) in [5.74, 6) is -0.402. The average Bonchev–Trinajstić information content (AvgIpc) is 3.04. The minimum Gasteiger partial charge on any atom is -0.301 e. The molecule has 3 amide bonds. The zero-order valence-electron chi connectivity index (χ0n) is 16.0. The first-order valence-corrected chi connectivity index (χ1v) is 10.7. The second-order valence-corrected chi connectivity index (χ2v) is 8.27. The Balaban J connectivity index is 1.50. The van der Waals surface area contributed by atoms with Crippen LogP contribution in [-0.4, -0.2) is 34.9 Å². The topological polar surface area (TPSA) is 57.7 Å². The van der Waals surface area contributed by atoms with Crippen LogP contribution in [0.5, 0.6) is 0 Å². The lowest BCUT2D eigenvalue weighted by Gasteiger charge is -2.37. The number of nitrogens with zero attached hydrogens (tertiary/aromatic N) is 2. The SMILES string of the molecule is O=C1c2ccccc2C(=O)N1CC(=O)N1c2ccccc2SC[C@H]1c1ccccc1. The highest BCUT2D eigenvalue weighted by molar-refractivity contribution is 7.99. The van der Waals surface area contributed by atoms with E-state index < -0.39 is 11.8 Å². The predicted octanol–water partition coefficient (Wildman–Crippen LogP) is 4.16. The summed E-state index contributed by atoms with van der Waals surface area (Å²) >= 11 is 1.71. The summed E-state index contributed by atoms with van der Waals surface area (Å²) in [7, 11) is 0. The number of anilines is 1. The molecular formula is C24H18N2O3S. The fraction of sp³-hybridized carbons (Fsp3) is 0.125. The van der Waals surface area contributed by atoms with Gasteiger partial charge in [0.05, 0.1) is 22.9 Å². The molecule has 0 aromatic heterocycles. The van der Waals surface area contributed by atoms with Crippen molar-refractivity contribution < 1.29 is 14.4 Å². The number of amides is 3. The molecule has 0 aliphatic carbocycles. The molecule has 1 atom stereocenters. The van der Waals surface area contributed by atoms with Crippen LogP contribution in [0.1, 0.15) is 32.3 Å². The summed E-state index contributed by atoms with van der Waals surface area (Å²) in [6.45, 7) is -0.283. The van der Waals surface area contributed by atoms with Gasteiger partial charge in [0.25, 0.3) is 11.8 Å². The molecule has 0 N–H and O–H groups in total. The maximum Gasteiger partial charge on any atom is 0.262 e. The van der Waals surface area contributed by atoms with Gasteiger partial charge in [0.2, 0.25) is 5.91 Å². The summed E-state index contributed by atoms with van der Waals surface area (Å²) in [6.07, 6.45) is 0. The lowest BCUT2D eigenvalue weighted by Crippen LogP contribution is -2.46. The molecule has 3 aromatic carbocycles. The smallest absolute Gasteiger partial charge is 0.262 e. The molecule has 3 aromatic rings. The van der Waals surface area contributed by atoms with E-state index in [1.54, 1.807) is 40.9 Å². The van der Waals surface area contributed by atoms with E-state index in [-0.39, 0.29) is 18.5 Å². The van der Waals surface area contributed by atoms with Crippen molar-refractivity contribution in [3.63, 3.8) is 0 Å².